The summed E-state index contributed by atoms with van der Waals surface area (Å²) >= 11 is 0. The third-order valence-corrected chi connectivity index (χ3v) is 16.6. The Hall–Kier alpha value is -3.64. The van der Waals surface area contributed by atoms with E-state index < -0.39 is 71.6 Å². The average Bonchev–Trinajstić information content (AvgIpc) is 0.764. The van der Waals surface area contributed by atoms with Gasteiger partial charge in [0.2, 0.25) is 0 Å². The molecule has 0 aromatic carbocycles. The molecule has 0 fully saturated rings. The molecule has 0 spiro atoms. The minimum absolute atomic E-state index is 0.212. The topological polar surface area (TPSA) is 190 Å². The van der Waals surface area contributed by atoms with Crippen molar-refractivity contribution in [2.75, 3.05) is 0 Å². The molecule has 0 saturated carbocycles. The standard InChI is InChI=1S/C78H134O10/c1-5-9-13-17-21-25-29-33-37-41-45-49-53-57-61-65-69(79)73(83)77(87,71(81)67-63-59-55-51-47-43-39-35-31-27-23-19-15-11-7-3)75(85)76(86)78(88,72(82)68-64-60-56-52-48-44-40-36-32-28-24-20-16-12-8-4)74(84)70(80)66-62-58-54-50-46-42-38-34-30-26-22-18-14-10-6-2/h21-28,33-40,73-76,83-88H,5-20,29-32,41-68H2,1-4H3/b25-21-,26-22-,27-23-,28-24-,37-33-,38-34-,39-35-,40-36-/t73?,74?,75-,76-,77+,78+/m0/s1/i1D,2D,3D,4D. The number of hydrogen-bond acceptors (Lipinski definition) is 10. The summed E-state index contributed by atoms with van der Waals surface area (Å²) in [6, 6.07) is 0. The quantitative estimate of drug-likeness (QED) is 0.0252. The monoisotopic (exact) mass is 1240 g/mol. The summed E-state index contributed by atoms with van der Waals surface area (Å²) in [6.07, 6.45) is 59.6. The molecule has 0 aliphatic carbocycles. The van der Waals surface area contributed by atoms with Crippen LogP contribution in [0.5, 0.6) is 0 Å². The van der Waals surface area contributed by atoms with E-state index in [9.17, 15) is 49.8 Å². The maximum atomic E-state index is 14.4. The highest BCUT2D eigenvalue weighted by Crippen LogP contribution is 2.33. The molecule has 10 heteroatoms. The Kier molecular flexibility index (Phi) is 53.2. The second-order valence-electron chi connectivity index (χ2n) is 24.5. The van der Waals surface area contributed by atoms with E-state index in [-0.39, 0.29) is 25.7 Å². The Labute approximate surface area is 544 Å². The van der Waals surface area contributed by atoms with E-state index in [4.69, 9.17) is 5.48 Å². The molecule has 6 N–H and O–H groups in total. The number of allylic oxidation sites excluding steroid dienone is 16. The van der Waals surface area contributed by atoms with E-state index in [0.717, 1.165) is 231 Å². The van der Waals surface area contributed by atoms with E-state index in [0.29, 0.717) is 66.1 Å². The Morgan fingerprint density at radius 3 is 0.705 bits per heavy atom. The van der Waals surface area contributed by atoms with Crippen LogP contribution in [-0.2, 0) is 19.2 Å². The molecule has 0 rings (SSSR count). The fourth-order valence-corrected chi connectivity index (χ4v) is 10.7. The molecule has 0 saturated heterocycles. The number of rotatable bonds is 65. The van der Waals surface area contributed by atoms with Crippen LogP contribution in [0.25, 0.3) is 0 Å². The molecule has 0 aliphatic heterocycles. The van der Waals surface area contributed by atoms with Crippen LogP contribution in [-0.4, -0.2) is 89.4 Å². The summed E-state index contributed by atoms with van der Waals surface area (Å²) in [5.41, 5.74) is -6.81. The summed E-state index contributed by atoms with van der Waals surface area (Å²) < 4.78 is 29.0. The minimum atomic E-state index is -3.40. The van der Waals surface area contributed by atoms with Crippen molar-refractivity contribution in [2.45, 2.75) is 371 Å². The number of aliphatic hydroxyl groups excluding tert-OH is 4. The first-order valence-corrected chi connectivity index (χ1v) is 35.5. The van der Waals surface area contributed by atoms with Crippen molar-refractivity contribution in [2.24, 2.45) is 0 Å². The maximum absolute atomic E-state index is 14.4. The molecular formula is C78H134O10. The van der Waals surface area contributed by atoms with E-state index in [2.05, 4.69) is 97.2 Å². The molecule has 2 unspecified atom stereocenters. The zero-order valence-electron chi connectivity index (χ0n) is 59.6. The lowest BCUT2D eigenvalue weighted by Gasteiger charge is -2.43. The molecule has 506 valence electrons. The van der Waals surface area contributed by atoms with Crippen LogP contribution >= 0.6 is 0 Å². The van der Waals surface area contributed by atoms with Gasteiger partial charge >= 0.3 is 0 Å². The van der Waals surface area contributed by atoms with Gasteiger partial charge in [-0.2, -0.15) is 0 Å². The molecule has 0 aromatic rings. The predicted molar refractivity (Wildman–Crippen MR) is 371 cm³/mol. The zero-order chi connectivity index (χ0) is 67.7. The van der Waals surface area contributed by atoms with Gasteiger partial charge in [-0.1, -0.05) is 253 Å². The van der Waals surface area contributed by atoms with Crippen LogP contribution in [0, 0.1) is 0 Å². The lowest BCUT2D eigenvalue weighted by Crippen LogP contribution is -2.71. The SMILES string of the molecule is [2H]CCCCC/C=C\C/C=C\CCCCCCCC(=O)C(O)[C@](O)(C(=O)CCCCCCC/C=C\C/C=C\CCCCC[2H])[C@@H](O)[C@H](O)[C@@](O)(C(=O)CCCCCCC/C=C\C/C=C\CCCCC[2H])C(O)C(=O)CCCCCCC/C=C\C/C=C\CCCCC[2H]. The molecule has 0 amide bonds. The maximum Gasteiger partial charge on any atom is 0.184 e. The molecule has 0 aliphatic rings. The van der Waals surface area contributed by atoms with Crippen molar-refractivity contribution < 1.29 is 55.3 Å². The zero-order valence-corrected chi connectivity index (χ0v) is 55.6. The lowest BCUT2D eigenvalue weighted by molar-refractivity contribution is -0.225. The second kappa shape index (κ2) is 60.9. The van der Waals surface area contributed by atoms with Gasteiger partial charge in [-0.05, 0) is 154 Å². The summed E-state index contributed by atoms with van der Waals surface area (Å²) in [7, 11) is 0. The van der Waals surface area contributed by atoms with Crippen LogP contribution in [0.1, 0.15) is 341 Å². The first kappa shape index (κ1) is 76.8. The smallest absolute Gasteiger partial charge is 0.184 e. The van der Waals surface area contributed by atoms with Crippen molar-refractivity contribution in [3.05, 3.63) is 97.2 Å². The fourth-order valence-electron chi connectivity index (χ4n) is 10.7. The largest absolute Gasteiger partial charge is 0.387 e. The van der Waals surface area contributed by atoms with Gasteiger partial charge in [0.1, 0.15) is 12.2 Å². The first-order valence-electron chi connectivity index (χ1n) is 38.3. The molecule has 0 aromatic heterocycles. The van der Waals surface area contributed by atoms with E-state index in [1.165, 1.54) is 0 Å². The second-order valence-corrected chi connectivity index (χ2v) is 24.5. The van der Waals surface area contributed by atoms with Gasteiger partial charge in [-0.15, -0.1) is 0 Å². The van der Waals surface area contributed by atoms with Gasteiger partial charge in [0, 0.05) is 31.2 Å². The molecular weight excluding hydrogens is 1100 g/mol. The first-order chi connectivity index (χ1) is 44.8. The van der Waals surface area contributed by atoms with Crippen molar-refractivity contribution in [1.82, 2.24) is 0 Å². The summed E-state index contributed by atoms with van der Waals surface area (Å²) in [5, 5.41) is 72.5. The molecule has 10 nitrogen and oxygen atoms in total. The van der Waals surface area contributed by atoms with Gasteiger partial charge in [-0.25, -0.2) is 0 Å². The van der Waals surface area contributed by atoms with E-state index >= 15 is 0 Å². The molecule has 88 heavy (non-hydrogen) atoms. The van der Waals surface area contributed by atoms with Crippen LogP contribution in [0.4, 0.5) is 0 Å². The van der Waals surface area contributed by atoms with Gasteiger partial charge in [0.05, 0.1) is 0 Å². The fraction of sp³-hybridized carbons (Fsp3) is 0.744. The van der Waals surface area contributed by atoms with Gasteiger partial charge < -0.3 is 30.6 Å². The Bertz CT molecular complexity index is 1880. The van der Waals surface area contributed by atoms with E-state index in [1.54, 1.807) is 0 Å². The van der Waals surface area contributed by atoms with E-state index in [1.807, 2.05) is 0 Å². The Balaban J connectivity index is 6.19. The van der Waals surface area contributed by atoms with Crippen molar-refractivity contribution >= 4 is 23.1 Å². The molecule has 0 heterocycles. The number of hydrogen-bond donors (Lipinski definition) is 6. The number of unbranched alkanes of at least 4 members (excludes halogenated alkanes) is 32. The van der Waals surface area contributed by atoms with Crippen LogP contribution < -0.4 is 0 Å². The molecule has 0 bridgehead atoms. The number of carbonyl (C=O) groups is 4. The highest BCUT2D eigenvalue weighted by Gasteiger charge is 2.62. The molecule has 6 atom stereocenters. The van der Waals surface area contributed by atoms with Crippen LogP contribution in [0.3, 0.4) is 0 Å². The summed E-state index contributed by atoms with van der Waals surface area (Å²) in [4.78, 5) is 56.5. The highest BCUT2D eigenvalue weighted by molar-refractivity contribution is 5.99. The van der Waals surface area contributed by atoms with Crippen molar-refractivity contribution in [3.8, 4) is 0 Å². The summed E-state index contributed by atoms with van der Waals surface area (Å²) in [6.45, 7) is 1.92. The third-order valence-electron chi connectivity index (χ3n) is 16.6. The molecule has 0 radical (unpaired) electrons. The van der Waals surface area contributed by atoms with Gasteiger partial charge in [-0.3, -0.25) is 19.2 Å². The number of aliphatic hydroxyl groups is 6. The van der Waals surface area contributed by atoms with Gasteiger partial charge in [0.25, 0.3) is 0 Å². The lowest BCUT2D eigenvalue weighted by atomic mass is 9.71. The van der Waals surface area contributed by atoms with Crippen molar-refractivity contribution in [1.29, 1.82) is 0 Å². The highest BCUT2D eigenvalue weighted by atomic mass is 16.4. The van der Waals surface area contributed by atoms with Crippen LogP contribution in [0.2, 0.25) is 0 Å². The number of carbonyl (C=O) groups excluding carboxylic acids is 4. The predicted octanol–water partition coefficient (Wildman–Crippen LogP) is 19.4. The number of ketones is 4. The summed E-state index contributed by atoms with van der Waals surface area (Å²) in [5.74, 6) is -4.25. The Morgan fingerprint density at radius 1 is 0.284 bits per heavy atom. The van der Waals surface area contributed by atoms with Gasteiger partial charge in [0.15, 0.2) is 46.5 Å². The average molecular weight is 1240 g/mol. The van der Waals surface area contributed by atoms with Crippen molar-refractivity contribution in [3.63, 3.8) is 0 Å². The third kappa shape index (κ3) is 43.2. The van der Waals surface area contributed by atoms with Crippen LogP contribution in [0.15, 0.2) is 97.2 Å². The normalized spacial score (nSPS) is 15.9. The minimum Gasteiger partial charge on any atom is -0.387 e. The Morgan fingerprint density at radius 2 is 0.477 bits per heavy atom. The number of Topliss-reactive ketones (excluding diaryl/α,β-unsaturated/α-hetero) is 4.